The number of aromatic amines is 1. The van der Waals surface area contributed by atoms with Crippen LogP contribution in [0.2, 0.25) is 0 Å². The molecule has 2 heterocycles. The zero-order valence-electron chi connectivity index (χ0n) is 22.9. The molecule has 4 rings (SSSR count). The molecule has 2 aromatic carbocycles. The number of rotatable bonds is 8. The summed E-state index contributed by atoms with van der Waals surface area (Å²) in [6, 6.07) is 11.2. The van der Waals surface area contributed by atoms with Gasteiger partial charge in [0.2, 0.25) is 0 Å². The minimum absolute atomic E-state index is 0.118. The van der Waals surface area contributed by atoms with E-state index in [0.29, 0.717) is 16.7 Å². The summed E-state index contributed by atoms with van der Waals surface area (Å²) < 4.78 is 2.13. The van der Waals surface area contributed by atoms with Crippen molar-refractivity contribution in [3.63, 3.8) is 0 Å². The Hall–Kier alpha value is -4.13. The van der Waals surface area contributed by atoms with Crippen molar-refractivity contribution in [2.75, 3.05) is 0 Å². The van der Waals surface area contributed by atoms with Crippen LogP contribution in [0.1, 0.15) is 81.9 Å². The van der Waals surface area contributed by atoms with Crippen LogP contribution in [-0.4, -0.2) is 26.5 Å². The minimum Gasteiger partial charge on any atom is -0.478 e. The van der Waals surface area contributed by atoms with Gasteiger partial charge in [-0.05, 0) is 93.1 Å². The van der Waals surface area contributed by atoms with E-state index in [1.54, 1.807) is 19.1 Å². The number of pyridine rings is 1. The number of aryl methyl sites for hydroxylation is 3. The Bertz CT molecular complexity index is 1610. The molecule has 2 aromatic heterocycles. The summed E-state index contributed by atoms with van der Waals surface area (Å²) in [5.41, 5.74) is 6.89. The van der Waals surface area contributed by atoms with Crippen LogP contribution in [0.5, 0.6) is 0 Å². The van der Waals surface area contributed by atoms with E-state index in [2.05, 4.69) is 35.6 Å². The van der Waals surface area contributed by atoms with Gasteiger partial charge in [0.15, 0.2) is 0 Å². The number of nitrogens with one attached hydrogen (secondary N) is 2. The lowest BCUT2D eigenvalue weighted by molar-refractivity contribution is 0.0696. The lowest BCUT2D eigenvalue weighted by Gasteiger charge is -2.16. The first-order chi connectivity index (χ1) is 18.0. The highest BCUT2D eigenvalue weighted by Crippen LogP contribution is 2.34. The van der Waals surface area contributed by atoms with Gasteiger partial charge in [-0.1, -0.05) is 25.5 Å². The second-order valence-electron chi connectivity index (χ2n) is 10.2. The van der Waals surface area contributed by atoms with Crippen LogP contribution in [0.25, 0.3) is 22.0 Å². The number of H-pyrrole nitrogens is 1. The number of carbonyl (C=O) groups excluding carboxylic acids is 1. The molecule has 7 nitrogen and oxygen atoms in total. The standard InChI is InChI=1S/C31H35N3O4/c1-7-9-21-12-19(5)33-30(36)26(21)15-32-29(35)25-13-22(23-10-8-11-24(20(23)6)31(37)38)14-27-28(25)18(4)16-34(27)17(2)3/h8,10-14,16-17H,7,9,15H2,1-6H3,(H,32,35)(H,33,36)(H,37,38). The van der Waals surface area contributed by atoms with E-state index >= 15 is 0 Å². The molecule has 0 bridgehead atoms. The fourth-order valence-electron chi connectivity index (χ4n) is 5.26. The number of amides is 1. The van der Waals surface area contributed by atoms with Crippen LogP contribution < -0.4 is 10.9 Å². The van der Waals surface area contributed by atoms with E-state index in [1.807, 2.05) is 44.3 Å². The van der Waals surface area contributed by atoms with Crippen LogP contribution in [0.4, 0.5) is 0 Å². The number of carbonyl (C=O) groups is 2. The Morgan fingerprint density at radius 1 is 1.08 bits per heavy atom. The van der Waals surface area contributed by atoms with Crippen molar-refractivity contribution in [3.8, 4) is 11.1 Å². The molecule has 4 aromatic rings. The number of benzene rings is 2. The van der Waals surface area contributed by atoms with Gasteiger partial charge in [-0.15, -0.1) is 0 Å². The molecule has 38 heavy (non-hydrogen) atoms. The highest BCUT2D eigenvalue weighted by atomic mass is 16.4. The summed E-state index contributed by atoms with van der Waals surface area (Å²) in [6.07, 6.45) is 3.69. The van der Waals surface area contributed by atoms with Crippen LogP contribution in [0.3, 0.4) is 0 Å². The predicted octanol–water partition coefficient (Wildman–Crippen LogP) is 6.08. The summed E-state index contributed by atoms with van der Waals surface area (Å²) in [5, 5.41) is 13.5. The number of aromatic carboxylic acids is 1. The maximum Gasteiger partial charge on any atom is 0.335 e. The first-order valence-corrected chi connectivity index (χ1v) is 13.0. The van der Waals surface area contributed by atoms with Crippen molar-refractivity contribution in [3.05, 3.63) is 92.0 Å². The molecule has 0 aliphatic carbocycles. The molecule has 0 aliphatic heterocycles. The average Bonchev–Trinajstić information content (AvgIpc) is 3.19. The van der Waals surface area contributed by atoms with Crippen molar-refractivity contribution in [2.45, 2.75) is 67.0 Å². The molecular weight excluding hydrogens is 478 g/mol. The summed E-state index contributed by atoms with van der Waals surface area (Å²) in [7, 11) is 0. The van der Waals surface area contributed by atoms with Crippen molar-refractivity contribution >= 4 is 22.8 Å². The van der Waals surface area contributed by atoms with E-state index in [0.717, 1.165) is 51.7 Å². The number of hydrogen-bond donors (Lipinski definition) is 3. The molecule has 0 saturated carbocycles. The van der Waals surface area contributed by atoms with Gasteiger partial charge in [0, 0.05) is 46.5 Å². The van der Waals surface area contributed by atoms with E-state index in [4.69, 9.17) is 0 Å². The van der Waals surface area contributed by atoms with Crippen molar-refractivity contribution in [1.82, 2.24) is 14.9 Å². The molecule has 0 spiro atoms. The fraction of sp³-hybridized carbons (Fsp3) is 0.323. The molecule has 0 atom stereocenters. The van der Waals surface area contributed by atoms with Gasteiger partial charge >= 0.3 is 5.97 Å². The fourth-order valence-corrected chi connectivity index (χ4v) is 5.26. The van der Waals surface area contributed by atoms with Crippen LogP contribution >= 0.6 is 0 Å². The zero-order valence-corrected chi connectivity index (χ0v) is 22.9. The van der Waals surface area contributed by atoms with Gasteiger partial charge in [0.1, 0.15) is 0 Å². The molecule has 0 fully saturated rings. The molecule has 3 N–H and O–H groups in total. The normalized spacial score (nSPS) is 11.3. The highest BCUT2D eigenvalue weighted by Gasteiger charge is 2.21. The third-order valence-electron chi connectivity index (χ3n) is 7.11. The van der Waals surface area contributed by atoms with E-state index in [9.17, 15) is 19.5 Å². The quantitative estimate of drug-likeness (QED) is 0.265. The van der Waals surface area contributed by atoms with Crippen LogP contribution in [0.15, 0.2) is 47.4 Å². The summed E-state index contributed by atoms with van der Waals surface area (Å²) in [6.45, 7) is 12.0. The Kier molecular flexibility index (Phi) is 7.58. The van der Waals surface area contributed by atoms with Crippen molar-refractivity contribution in [2.24, 2.45) is 0 Å². The minimum atomic E-state index is -0.990. The van der Waals surface area contributed by atoms with Gasteiger partial charge < -0.3 is 20.0 Å². The van der Waals surface area contributed by atoms with E-state index in [1.165, 1.54) is 0 Å². The van der Waals surface area contributed by atoms with Gasteiger partial charge in [0.25, 0.3) is 11.5 Å². The Labute approximate surface area is 222 Å². The lowest BCUT2D eigenvalue weighted by atomic mass is 9.93. The second-order valence-corrected chi connectivity index (χ2v) is 10.2. The molecule has 0 radical (unpaired) electrons. The molecule has 1 amide bonds. The van der Waals surface area contributed by atoms with Crippen molar-refractivity contribution < 1.29 is 14.7 Å². The monoisotopic (exact) mass is 513 g/mol. The summed E-state index contributed by atoms with van der Waals surface area (Å²) in [4.78, 5) is 41.1. The second kappa shape index (κ2) is 10.7. The third kappa shape index (κ3) is 5.01. The smallest absolute Gasteiger partial charge is 0.335 e. The molecule has 0 aliphatic rings. The summed E-state index contributed by atoms with van der Waals surface area (Å²) >= 11 is 0. The number of hydrogen-bond acceptors (Lipinski definition) is 3. The number of aromatic nitrogens is 2. The first-order valence-electron chi connectivity index (χ1n) is 13.0. The Morgan fingerprint density at radius 3 is 2.47 bits per heavy atom. The van der Waals surface area contributed by atoms with Crippen molar-refractivity contribution in [1.29, 1.82) is 0 Å². The summed E-state index contributed by atoms with van der Waals surface area (Å²) in [5.74, 6) is -1.27. The molecule has 198 valence electrons. The third-order valence-corrected chi connectivity index (χ3v) is 7.11. The maximum absolute atomic E-state index is 13.7. The van der Waals surface area contributed by atoms with Gasteiger partial charge in [-0.2, -0.15) is 0 Å². The number of fused-ring (bicyclic) bond motifs is 1. The molecule has 0 saturated heterocycles. The SMILES string of the molecule is CCCc1cc(C)[nH]c(=O)c1CNC(=O)c1cc(-c2cccc(C(=O)O)c2C)cc2c1c(C)cn2C(C)C. The van der Waals surface area contributed by atoms with Crippen LogP contribution in [-0.2, 0) is 13.0 Å². The number of carboxylic acids is 1. The maximum atomic E-state index is 13.7. The first kappa shape index (κ1) is 26.9. The van der Waals surface area contributed by atoms with E-state index < -0.39 is 5.97 Å². The van der Waals surface area contributed by atoms with E-state index in [-0.39, 0.29) is 29.6 Å². The Balaban J connectivity index is 1.85. The number of nitrogens with zero attached hydrogens (tertiary/aromatic N) is 1. The van der Waals surface area contributed by atoms with Gasteiger partial charge in [-0.25, -0.2) is 4.79 Å². The number of carboxylic acid groups (broad SMARTS) is 1. The van der Waals surface area contributed by atoms with Crippen LogP contribution in [0, 0.1) is 20.8 Å². The molecule has 7 heteroatoms. The molecule has 0 unspecified atom stereocenters. The van der Waals surface area contributed by atoms with Gasteiger partial charge in [0.05, 0.1) is 5.56 Å². The average molecular weight is 514 g/mol. The largest absolute Gasteiger partial charge is 0.478 e. The van der Waals surface area contributed by atoms with Gasteiger partial charge in [-0.3, -0.25) is 9.59 Å². The highest BCUT2D eigenvalue weighted by molar-refractivity contribution is 6.09. The topological polar surface area (TPSA) is 104 Å². The predicted molar refractivity (Wildman–Crippen MR) is 151 cm³/mol. The Morgan fingerprint density at radius 2 is 1.82 bits per heavy atom. The lowest BCUT2D eigenvalue weighted by Crippen LogP contribution is -2.28. The zero-order chi connectivity index (χ0) is 27.7. The molecular formula is C31H35N3O4.